The van der Waals surface area contributed by atoms with E-state index >= 15 is 0 Å². The minimum Gasteiger partial charge on any atom is -0.367 e. The molecule has 1 aromatic heterocycles. The number of benzene rings is 2. The maximum absolute atomic E-state index is 4.41. The molecule has 0 saturated carbocycles. The highest BCUT2D eigenvalue weighted by Gasteiger charge is 2.19. The fraction of sp³-hybridized carbons (Fsp3) is 0.273. The lowest BCUT2D eigenvalue weighted by Gasteiger charge is -2.32. The van der Waals surface area contributed by atoms with E-state index in [-0.39, 0.29) is 0 Å². The van der Waals surface area contributed by atoms with Crippen LogP contribution in [0.3, 0.4) is 0 Å². The van der Waals surface area contributed by atoms with Crippen LogP contribution in [0.5, 0.6) is 0 Å². The lowest BCUT2D eigenvalue weighted by atomic mass is 10.0. The van der Waals surface area contributed by atoms with Crippen molar-refractivity contribution in [3.63, 3.8) is 0 Å². The van der Waals surface area contributed by atoms with Crippen LogP contribution < -0.4 is 5.32 Å². The zero-order valence-electron chi connectivity index (χ0n) is 14.9. The van der Waals surface area contributed by atoms with E-state index in [9.17, 15) is 0 Å². The molecule has 1 fully saturated rings. The van der Waals surface area contributed by atoms with Crippen LogP contribution in [0.4, 0.5) is 5.82 Å². The summed E-state index contributed by atoms with van der Waals surface area (Å²) < 4.78 is 0. The van der Waals surface area contributed by atoms with Gasteiger partial charge in [-0.15, -0.1) is 0 Å². The highest BCUT2D eigenvalue weighted by atomic mass is 15.1. The van der Waals surface area contributed by atoms with Gasteiger partial charge in [-0.05, 0) is 18.4 Å². The molecule has 4 nitrogen and oxygen atoms in total. The molecule has 4 rings (SSSR count). The number of nitrogens with zero attached hydrogens (tertiary/aromatic N) is 3. The summed E-state index contributed by atoms with van der Waals surface area (Å²) >= 11 is 0. The third-order valence-corrected chi connectivity index (χ3v) is 4.93. The molecule has 2 aromatic carbocycles. The predicted molar refractivity (Wildman–Crippen MR) is 106 cm³/mol. The maximum Gasteiger partial charge on any atom is 0.130 e. The highest BCUT2D eigenvalue weighted by molar-refractivity contribution is 5.61. The van der Waals surface area contributed by atoms with E-state index in [1.165, 1.54) is 5.56 Å². The van der Waals surface area contributed by atoms with Gasteiger partial charge in [0.15, 0.2) is 0 Å². The first-order valence-electron chi connectivity index (χ1n) is 9.27. The Morgan fingerprint density at radius 3 is 2.31 bits per heavy atom. The molecule has 0 atom stereocenters. The van der Waals surface area contributed by atoms with E-state index in [0.717, 1.165) is 49.6 Å². The van der Waals surface area contributed by atoms with Crippen LogP contribution in [0.25, 0.3) is 11.3 Å². The monoisotopic (exact) mass is 344 g/mol. The third kappa shape index (κ3) is 4.27. The maximum atomic E-state index is 4.41. The summed E-state index contributed by atoms with van der Waals surface area (Å²) in [6.07, 6.45) is 3.92. The second-order valence-electron chi connectivity index (χ2n) is 6.83. The number of nitrogens with one attached hydrogen (secondary N) is 1. The summed E-state index contributed by atoms with van der Waals surface area (Å²) in [7, 11) is 0. The van der Waals surface area contributed by atoms with Crippen molar-refractivity contribution in [2.24, 2.45) is 0 Å². The minimum atomic E-state index is 0.473. The number of hydrogen-bond donors (Lipinski definition) is 1. The van der Waals surface area contributed by atoms with Gasteiger partial charge in [0, 0.05) is 37.3 Å². The number of rotatable bonds is 5. The zero-order chi connectivity index (χ0) is 17.6. The summed E-state index contributed by atoms with van der Waals surface area (Å²) in [5.41, 5.74) is 3.47. The molecule has 1 aliphatic rings. The summed E-state index contributed by atoms with van der Waals surface area (Å²) in [5.74, 6) is 0.917. The standard InChI is InChI=1S/C22H24N4/c1-3-7-18(8-4-1)16-26-13-11-20(12-14-26)25-22-15-21(23-17-24-22)19-9-5-2-6-10-19/h1-10,15,17,20H,11-14,16H2,(H,23,24,25). The number of hydrogen-bond acceptors (Lipinski definition) is 4. The fourth-order valence-corrected chi connectivity index (χ4v) is 3.49. The second-order valence-corrected chi connectivity index (χ2v) is 6.83. The third-order valence-electron chi connectivity index (χ3n) is 4.93. The predicted octanol–water partition coefficient (Wildman–Crippen LogP) is 4.22. The van der Waals surface area contributed by atoms with Crippen LogP contribution in [0, 0.1) is 0 Å². The van der Waals surface area contributed by atoms with Crippen molar-refractivity contribution >= 4 is 5.82 Å². The molecule has 2 heterocycles. The van der Waals surface area contributed by atoms with Gasteiger partial charge in [-0.3, -0.25) is 4.90 Å². The average molecular weight is 344 g/mol. The Morgan fingerprint density at radius 2 is 1.58 bits per heavy atom. The van der Waals surface area contributed by atoms with E-state index in [1.807, 2.05) is 24.3 Å². The van der Waals surface area contributed by atoms with E-state index in [2.05, 4.69) is 62.6 Å². The van der Waals surface area contributed by atoms with E-state index < -0.39 is 0 Å². The van der Waals surface area contributed by atoms with Crippen molar-refractivity contribution < 1.29 is 0 Å². The molecule has 26 heavy (non-hydrogen) atoms. The Balaban J connectivity index is 1.33. The van der Waals surface area contributed by atoms with Crippen molar-refractivity contribution in [2.45, 2.75) is 25.4 Å². The largest absolute Gasteiger partial charge is 0.367 e. The molecule has 0 aliphatic carbocycles. The number of piperidine rings is 1. The first-order valence-corrected chi connectivity index (χ1v) is 9.27. The number of anilines is 1. The molecule has 0 spiro atoms. The van der Waals surface area contributed by atoms with Crippen molar-refractivity contribution in [3.8, 4) is 11.3 Å². The lowest BCUT2D eigenvalue weighted by Crippen LogP contribution is -2.38. The number of aromatic nitrogens is 2. The van der Waals surface area contributed by atoms with Crippen LogP contribution in [0.15, 0.2) is 73.1 Å². The first-order chi connectivity index (χ1) is 12.9. The Labute approximate surface area is 154 Å². The molecule has 0 radical (unpaired) electrons. The molecule has 1 N–H and O–H groups in total. The van der Waals surface area contributed by atoms with Gasteiger partial charge in [0.25, 0.3) is 0 Å². The van der Waals surface area contributed by atoms with Crippen LogP contribution >= 0.6 is 0 Å². The molecular weight excluding hydrogens is 320 g/mol. The van der Waals surface area contributed by atoms with Crippen LogP contribution in [-0.4, -0.2) is 34.0 Å². The van der Waals surface area contributed by atoms with Gasteiger partial charge in [0.05, 0.1) is 5.69 Å². The van der Waals surface area contributed by atoms with Crippen molar-refractivity contribution in [3.05, 3.63) is 78.6 Å². The second kappa shape index (κ2) is 8.11. The van der Waals surface area contributed by atoms with Crippen LogP contribution in [-0.2, 0) is 6.54 Å². The van der Waals surface area contributed by atoms with Gasteiger partial charge in [-0.25, -0.2) is 9.97 Å². The SMILES string of the molecule is c1ccc(CN2CCC(Nc3cc(-c4ccccc4)ncn3)CC2)cc1. The minimum absolute atomic E-state index is 0.473. The summed E-state index contributed by atoms with van der Waals surface area (Å²) in [5, 5.41) is 3.60. The Hall–Kier alpha value is -2.72. The lowest BCUT2D eigenvalue weighted by molar-refractivity contribution is 0.211. The molecule has 1 saturated heterocycles. The van der Waals surface area contributed by atoms with Gasteiger partial charge in [-0.2, -0.15) is 0 Å². The summed E-state index contributed by atoms with van der Waals surface area (Å²) in [6, 6.07) is 23.5. The van der Waals surface area contributed by atoms with Crippen LogP contribution in [0.2, 0.25) is 0 Å². The fourth-order valence-electron chi connectivity index (χ4n) is 3.49. The first kappa shape index (κ1) is 16.7. The quantitative estimate of drug-likeness (QED) is 0.752. The molecule has 132 valence electrons. The van der Waals surface area contributed by atoms with Crippen LogP contribution in [0.1, 0.15) is 18.4 Å². The smallest absolute Gasteiger partial charge is 0.130 e. The van der Waals surface area contributed by atoms with Gasteiger partial charge >= 0.3 is 0 Å². The van der Waals surface area contributed by atoms with Gasteiger partial charge in [0.1, 0.15) is 12.1 Å². The Kier molecular flexibility index (Phi) is 5.22. The Morgan fingerprint density at radius 1 is 0.885 bits per heavy atom. The van der Waals surface area contributed by atoms with E-state index in [1.54, 1.807) is 6.33 Å². The summed E-state index contributed by atoms with van der Waals surface area (Å²) in [6.45, 7) is 3.27. The van der Waals surface area contributed by atoms with Crippen molar-refractivity contribution in [1.29, 1.82) is 0 Å². The highest BCUT2D eigenvalue weighted by Crippen LogP contribution is 2.21. The van der Waals surface area contributed by atoms with E-state index in [0.29, 0.717) is 6.04 Å². The van der Waals surface area contributed by atoms with Gasteiger partial charge in [0.2, 0.25) is 0 Å². The molecule has 0 unspecified atom stereocenters. The molecular formula is C22H24N4. The molecule has 4 heteroatoms. The molecule has 0 amide bonds. The van der Waals surface area contributed by atoms with Gasteiger partial charge in [-0.1, -0.05) is 60.7 Å². The number of likely N-dealkylation sites (tertiary alicyclic amines) is 1. The average Bonchev–Trinajstić information content (AvgIpc) is 2.71. The van der Waals surface area contributed by atoms with Gasteiger partial charge < -0.3 is 5.32 Å². The normalized spacial score (nSPS) is 15.7. The summed E-state index contributed by atoms with van der Waals surface area (Å²) in [4.78, 5) is 11.3. The molecule has 3 aromatic rings. The zero-order valence-corrected chi connectivity index (χ0v) is 14.9. The Bertz CT molecular complexity index is 812. The van der Waals surface area contributed by atoms with E-state index in [4.69, 9.17) is 0 Å². The molecule has 1 aliphatic heterocycles. The topological polar surface area (TPSA) is 41.0 Å². The molecule has 0 bridgehead atoms. The van der Waals surface area contributed by atoms with Crippen molar-refractivity contribution in [2.75, 3.05) is 18.4 Å². The van der Waals surface area contributed by atoms with Crippen molar-refractivity contribution in [1.82, 2.24) is 14.9 Å².